The minimum absolute atomic E-state index is 0.0373. The Hall–Kier alpha value is -2.03. The number of esters is 2. The molecule has 10 heteroatoms. The molecule has 0 rings (SSSR count). The van der Waals surface area contributed by atoms with Crippen molar-refractivity contribution in [1.82, 2.24) is 0 Å². The average molecular weight is 768 g/mol. The number of unbranched alkanes of at least 4 members (excludes halogenated alkanes) is 15. The van der Waals surface area contributed by atoms with Crippen molar-refractivity contribution in [2.45, 2.75) is 168 Å². The Morgan fingerprint density at radius 3 is 1.62 bits per heavy atom. The molecule has 0 aliphatic carbocycles. The van der Waals surface area contributed by atoms with Crippen LogP contribution in [0.1, 0.15) is 162 Å². The van der Waals surface area contributed by atoms with Crippen molar-refractivity contribution in [1.29, 1.82) is 0 Å². The van der Waals surface area contributed by atoms with Gasteiger partial charge in [-0.3, -0.25) is 14.2 Å². The molecule has 0 aromatic carbocycles. The second-order valence-electron chi connectivity index (χ2n) is 15.0. The topological polar surface area (TPSA) is 111 Å². The number of phosphoric acid groups is 1. The maximum atomic E-state index is 12.6. The van der Waals surface area contributed by atoms with Crippen LogP contribution in [0.5, 0.6) is 0 Å². The van der Waals surface area contributed by atoms with Crippen LogP contribution in [0.15, 0.2) is 48.6 Å². The molecule has 0 aromatic rings. The van der Waals surface area contributed by atoms with E-state index in [-0.39, 0.29) is 26.1 Å². The second-order valence-corrected chi connectivity index (χ2v) is 16.4. The zero-order valence-electron chi connectivity index (χ0n) is 34.4. The molecule has 0 spiro atoms. The smallest absolute Gasteiger partial charge is 0.306 e. The van der Waals surface area contributed by atoms with E-state index in [2.05, 4.69) is 62.5 Å². The van der Waals surface area contributed by atoms with E-state index in [0.717, 1.165) is 83.5 Å². The molecule has 0 aliphatic rings. The van der Waals surface area contributed by atoms with Gasteiger partial charge in [0.15, 0.2) is 6.10 Å². The first-order valence-electron chi connectivity index (χ1n) is 20.8. The molecule has 0 aliphatic heterocycles. The lowest BCUT2D eigenvalue weighted by atomic mass is 10.1. The van der Waals surface area contributed by atoms with Crippen LogP contribution < -0.4 is 4.89 Å². The number of carbonyl (C=O) groups is 2. The van der Waals surface area contributed by atoms with E-state index < -0.39 is 32.5 Å². The normalized spacial score (nSPS) is 14.2. The van der Waals surface area contributed by atoms with Gasteiger partial charge >= 0.3 is 11.9 Å². The summed E-state index contributed by atoms with van der Waals surface area (Å²) in [6, 6.07) is 0. The maximum Gasteiger partial charge on any atom is 0.306 e. The molecule has 9 nitrogen and oxygen atoms in total. The summed E-state index contributed by atoms with van der Waals surface area (Å²) in [5, 5.41) is 0. The summed E-state index contributed by atoms with van der Waals surface area (Å²) in [5.74, 6) is -0.868. The van der Waals surface area contributed by atoms with Gasteiger partial charge < -0.3 is 27.9 Å². The molecule has 0 saturated carbocycles. The van der Waals surface area contributed by atoms with Gasteiger partial charge in [0.25, 0.3) is 7.82 Å². The van der Waals surface area contributed by atoms with E-state index in [1.54, 1.807) is 0 Å². The Bertz CT molecular complexity index is 1050. The number of allylic oxidation sites excluding steroid dienone is 8. The van der Waals surface area contributed by atoms with Crippen molar-refractivity contribution in [3.8, 4) is 0 Å². The first-order valence-corrected chi connectivity index (χ1v) is 22.3. The maximum absolute atomic E-state index is 12.6. The molecule has 0 N–H and O–H groups in total. The Kier molecular flexibility index (Phi) is 34.3. The molecule has 308 valence electrons. The molecule has 0 bridgehead atoms. The number of ether oxygens (including phenoxy) is 2. The number of rotatable bonds is 37. The zero-order valence-corrected chi connectivity index (χ0v) is 35.3. The Labute approximate surface area is 324 Å². The molecule has 0 heterocycles. The molecular formula is C43H78NO8P. The van der Waals surface area contributed by atoms with Gasteiger partial charge in [-0.05, 0) is 70.6 Å². The molecule has 0 fully saturated rings. The van der Waals surface area contributed by atoms with Crippen LogP contribution in [0.25, 0.3) is 0 Å². The van der Waals surface area contributed by atoms with E-state index in [1.807, 2.05) is 21.1 Å². The highest BCUT2D eigenvalue weighted by Crippen LogP contribution is 2.38. The number of carbonyl (C=O) groups excluding carboxylic acids is 2. The van der Waals surface area contributed by atoms with Gasteiger partial charge in [0.1, 0.15) is 19.8 Å². The summed E-state index contributed by atoms with van der Waals surface area (Å²) in [6.07, 6.45) is 39.9. The molecular weight excluding hydrogens is 689 g/mol. The highest BCUT2D eigenvalue weighted by molar-refractivity contribution is 7.45. The quantitative estimate of drug-likeness (QED) is 0.0202. The minimum atomic E-state index is -4.63. The van der Waals surface area contributed by atoms with Gasteiger partial charge in [0.2, 0.25) is 0 Å². The van der Waals surface area contributed by atoms with Crippen molar-refractivity contribution >= 4 is 19.8 Å². The van der Waals surface area contributed by atoms with Crippen LogP contribution in [0, 0.1) is 0 Å². The lowest BCUT2D eigenvalue weighted by Gasteiger charge is -2.28. The van der Waals surface area contributed by atoms with Crippen molar-refractivity contribution in [3.63, 3.8) is 0 Å². The molecule has 2 unspecified atom stereocenters. The largest absolute Gasteiger partial charge is 0.756 e. The third kappa shape index (κ3) is 39.5. The second kappa shape index (κ2) is 35.7. The Morgan fingerprint density at radius 1 is 0.604 bits per heavy atom. The zero-order chi connectivity index (χ0) is 39.3. The first-order chi connectivity index (χ1) is 25.5. The highest BCUT2D eigenvalue weighted by atomic mass is 31.2. The summed E-state index contributed by atoms with van der Waals surface area (Å²) in [4.78, 5) is 37.4. The monoisotopic (exact) mass is 768 g/mol. The molecule has 0 radical (unpaired) electrons. The van der Waals surface area contributed by atoms with E-state index >= 15 is 0 Å². The minimum Gasteiger partial charge on any atom is -0.756 e. The SMILES string of the molecule is CC/C=C\C/C=C\C/C=C\CCCCCCCC(=O)OC(COC(=O)CCCCCCC/C=C\CCCCCCC)COP(=O)([O-])OCC[N+](C)(C)C. The fourth-order valence-electron chi connectivity index (χ4n) is 5.31. The fraction of sp³-hybridized carbons (Fsp3) is 0.767. The average Bonchev–Trinajstić information content (AvgIpc) is 3.10. The molecule has 0 saturated heterocycles. The number of hydrogen-bond acceptors (Lipinski definition) is 8. The number of nitrogens with zero attached hydrogens (tertiary/aromatic N) is 1. The van der Waals surface area contributed by atoms with Crippen LogP contribution in [0.2, 0.25) is 0 Å². The first kappa shape index (κ1) is 51.0. The lowest BCUT2D eigenvalue weighted by Crippen LogP contribution is -2.37. The van der Waals surface area contributed by atoms with Gasteiger partial charge in [-0.2, -0.15) is 0 Å². The molecule has 0 amide bonds. The van der Waals surface area contributed by atoms with Crippen LogP contribution in [0.4, 0.5) is 0 Å². The summed E-state index contributed by atoms with van der Waals surface area (Å²) in [7, 11) is 1.14. The summed E-state index contributed by atoms with van der Waals surface area (Å²) >= 11 is 0. The van der Waals surface area contributed by atoms with Crippen LogP contribution >= 0.6 is 7.82 Å². The van der Waals surface area contributed by atoms with E-state index in [4.69, 9.17) is 18.5 Å². The third-order valence-electron chi connectivity index (χ3n) is 8.58. The number of hydrogen-bond donors (Lipinski definition) is 0. The van der Waals surface area contributed by atoms with Crippen LogP contribution in [-0.2, 0) is 32.7 Å². The van der Waals surface area contributed by atoms with Crippen molar-refractivity contribution in [3.05, 3.63) is 48.6 Å². The van der Waals surface area contributed by atoms with Crippen molar-refractivity contribution in [2.24, 2.45) is 0 Å². The highest BCUT2D eigenvalue weighted by Gasteiger charge is 2.21. The summed E-state index contributed by atoms with van der Waals surface area (Å²) < 4.78 is 33.8. The number of likely N-dealkylation sites (N-methyl/N-ethyl adjacent to an activating group) is 1. The van der Waals surface area contributed by atoms with E-state index in [0.29, 0.717) is 23.9 Å². The van der Waals surface area contributed by atoms with Gasteiger partial charge in [0, 0.05) is 12.8 Å². The third-order valence-corrected chi connectivity index (χ3v) is 9.55. The van der Waals surface area contributed by atoms with Gasteiger partial charge in [-0.25, -0.2) is 0 Å². The van der Waals surface area contributed by atoms with Gasteiger partial charge in [0.05, 0.1) is 27.7 Å². The van der Waals surface area contributed by atoms with Crippen LogP contribution in [0.3, 0.4) is 0 Å². The predicted molar refractivity (Wildman–Crippen MR) is 217 cm³/mol. The van der Waals surface area contributed by atoms with Gasteiger partial charge in [-0.15, -0.1) is 0 Å². The van der Waals surface area contributed by atoms with Crippen molar-refractivity contribution in [2.75, 3.05) is 47.5 Å². The number of phosphoric ester groups is 1. The molecule has 2 atom stereocenters. The summed E-state index contributed by atoms with van der Waals surface area (Å²) in [6.45, 7) is 4.06. The predicted octanol–water partition coefficient (Wildman–Crippen LogP) is 10.9. The fourth-order valence-corrected chi connectivity index (χ4v) is 6.04. The Balaban J connectivity index is 4.44. The Morgan fingerprint density at radius 2 is 1.08 bits per heavy atom. The molecule has 0 aromatic heterocycles. The van der Waals surface area contributed by atoms with E-state index in [1.165, 1.54) is 38.5 Å². The lowest BCUT2D eigenvalue weighted by molar-refractivity contribution is -0.870. The molecule has 53 heavy (non-hydrogen) atoms. The van der Waals surface area contributed by atoms with Crippen LogP contribution in [-0.4, -0.2) is 70.0 Å². The standard InChI is InChI=1S/C43H78NO8P/c1-6-8-10-12-14-16-18-20-22-24-26-28-30-32-34-36-43(46)52-41(40-51-53(47,48)50-38-37-44(3,4)5)39-49-42(45)35-33-31-29-27-25-23-21-19-17-15-13-11-9-7-2/h8,10,14,16,19-22,41H,6-7,9,11-13,15,17-18,23-40H2,1-5H3/b10-8-,16-14-,21-19-,22-20-. The van der Waals surface area contributed by atoms with E-state index in [9.17, 15) is 19.0 Å². The van der Waals surface area contributed by atoms with Crippen molar-refractivity contribution < 1.29 is 42.1 Å². The summed E-state index contributed by atoms with van der Waals surface area (Å²) in [5.41, 5.74) is 0. The van der Waals surface area contributed by atoms with Gasteiger partial charge in [-0.1, -0.05) is 127 Å². The number of quaternary nitrogens is 1.